The van der Waals surface area contributed by atoms with E-state index < -0.39 is 11.7 Å². The van der Waals surface area contributed by atoms with Crippen molar-refractivity contribution in [2.45, 2.75) is 6.10 Å². The average Bonchev–Trinajstić information content (AvgIpc) is 3.33. The first-order valence-electron chi connectivity index (χ1n) is 10.6. The summed E-state index contributed by atoms with van der Waals surface area (Å²) in [4.78, 5) is 46.9. The van der Waals surface area contributed by atoms with Crippen molar-refractivity contribution in [3.8, 4) is 0 Å². The highest BCUT2D eigenvalue weighted by atomic mass is 16.6. The fourth-order valence-corrected chi connectivity index (χ4v) is 4.27. The fourth-order valence-electron chi connectivity index (χ4n) is 4.27. The van der Waals surface area contributed by atoms with Gasteiger partial charge in [-0.15, -0.1) is 0 Å². The first-order valence-corrected chi connectivity index (χ1v) is 10.6. The van der Waals surface area contributed by atoms with Crippen molar-refractivity contribution in [1.29, 1.82) is 0 Å². The maximum absolute atomic E-state index is 12.2. The number of cyclic esters (lactones) is 1. The van der Waals surface area contributed by atoms with Gasteiger partial charge in [-0.1, -0.05) is 0 Å². The topological polar surface area (TPSA) is 139 Å². The van der Waals surface area contributed by atoms with Crippen LogP contribution in [0.25, 0.3) is 0 Å². The molecule has 0 bridgehead atoms. The van der Waals surface area contributed by atoms with Crippen molar-refractivity contribution >= 4 is 18.0 Å². The Morgan fingerprint density at radius 2 is 1.68 bits per heavy atom. The van der Waals surface area contributed by atoms with Crippen LogP contribution in [0, 0.1) is 0 Å². The second-order valence-electron chi connectivity index (χ2n) is 8.17. The van der Waals surface area contributed by atoms with Gasteiger partial charge in [-0.25, -0.2) is 9.59 Å². The fraction of sp³-hybridized carbons (Fsp3) is 0.778. The van der Waals surface area contributed by atoms with E-state index in [9.17, 15) is 14.4 Å². The maximum Gasteiger partial charge on any atom is 0.440 e. The number of aromatic nitrogens is 2. The lowest BCUT2D eigenvalue weighted by Gasteiger charge is -2.35. The van der Waals surface area contributed by atoms with Crippen LogP contribution in [0.2, 0.25) is 0 Å². The minimum absolute atomic E-state index is 0.0742. The van der Waals surface area contributed by atoms with Crippen LogP contribution in [-0.4, -0.2) is 138 Å². The Labute approximate surface area is 179 Å². The quantitative estimate of drug-likeness (QED) is 0.465. The molecule has 13 heteroatoms. The molecule has 3 saturated heterocycles. The SMILES string of the molecule is O=C(O)CN1CCN(CC2CN(CCN3CCN(c4noc(=O)[nH]4)CC3)C(=O)O2)CC1. The van der Waals surface area contributed by atoms with Gasteiger partial charge in [0.1, 0.15) is 6.10 Å². The number of aromatic amines is 1. The van der Waals surface area contributed by atoms with Gasteiger partial charge in [-0.05, 0) is 5.16 Å². The normalized spacial score (nSPS) is 24.0. The van der Waals surface area contributed by atoms with E-state index in [0.717, 1.165) is 45.8 Å². The zero-order valence-corrected chi connectivity index (χ0v) is 17.4. The van der Waals surface area contributed by atoms with Crippen molar-refractivity contribution in [2.24, 2.45) is 0 Å². The number of hydrogen-bond donors (Lipinski definition) is 2. The Bertz CT molecular complexity index is 812. The molecule has 3 fully saturated rings. The molecule has 0 radical (unpaired) electrons. The van der Waals surface area contributed by atoms with Crippen LogP contribution in [0.15, 0.2) is 9.32 Å². The summed E-state index contributed by atoms with van der Waals surface area (Å²) in [6.45, 7) is 8.76. The highest BCUT2D eigenvalue weighted by molar-refractivity contribution is 5.70. The molecule has 2 N–H and O–H groups in total. The molecule has 1 atom stereocenters. The highest BCUT2D eigenvalue weighted by Crippen LogP contribution is 2.15. The van der Waals surface area contributed by atoms with Crippen molar-refractivity contribution in [3.63, 3.8) is 0 Å². The molecule has 0 aromatic carbocycles. The molecule has 172 valence electrons. The van der Waals surface area contributed by atoms with Gasteiger partial charge in [-0.3, -0.25) is 29.0 Å². The van der Waals surface area contributed by atoms with Crippen molar-refractivity contribution in [1.82, 2.24) is 29.7 Å². The van der Waals surface area contributed by atoms with Crippen molar-refractivity contribution in [3.05, 3.63) is 10.6 Å². The van der Waals surface area contributed by atoms with Gasteiger partial charge in [0.2, 0.25) is 5.95 Å². The summed E-state index contributed by atoms with van der Waals surface area (Å²) in [6.07, 6.45) is -0.423. The number of rotatable bonds is 8. The number of nitrogens with zero attached hydrogens (tertiary/aromatic N) is 6. The van der Waals surface area contributed by atoms with E-state index >= 15 is 0 Å². The number of hydrogen-bond acceptors (Lipinski definition) is 10. The third-order valence-corrected chi connectivity index (χ3v) is 6.02. The Kier molecular flexibility index (Phi) is 6.73. The Morgan fingerprint density at radius 3 is 2.32 bits per heavy atom. The molecular formula is C18H29N7O6. The minimum Gasteiger partial charge on any atom is -0.480 e. The molecule has 4 heterocycles. The van der Waals surface area contributed by atoms with Gasteiger partial charge >= 0.3 is 17.8 Å². The molecule has 31 heavy (non-hydrogen) atoms. The van der Waals surface area contributed by atoms with Crippen LogP contribution in [-0.2, 0) is 9.53 Å². The third kappa shape index (κ3) is 5.74. The number of piperazine rings is 2. The molecule has 1 aromatic heterocycles. The van der Waals surface area contributed by atoms with Gasteiger partial charge in [-0.2, -0.15) is 0 Å². The van der Waals surface area contributed by atoms with E-state index in [2.05, 4.69) is 24.5 Å². The number of H-pyrrole nitrogens is 1. The van der Waals surface area contributed by atoms with E-state index in [1.807, 2.05) is 9.80 Å². The second kappa shape index (κ2) is 9.66. The molecule has 1 aromatic rings. The lowest BCUT2D eigenvalue weighted by Crippen LogP contribution is -2.50. The summed E-state index contributed by atoms with van der Waals surface area (Å²) < 4.78 is 10.1. The summed E-state index contributed by atoms with van der Waals surface area (Å²) in [5, 5.41) is 12.6. The van der Waals surface area contributed by atoms with Crippen LogP contribution in [0.3, 0.4) is 0 Å². The number of amides is 1. The summed E-state index contributed by atoms with van der Waals surface area (Å²) in [5.41, 5.74) is 0. The molecule has 13 nitrogen and oxygen atoms in total. The smallest absolute Gasteiger partial charge is 0.440 e. The van der Waals surface area contributed by atoms with Gasteiger partial charge in [0.05, 0.1) is 13.1 Å². The van der Waals surface area contributed by atoms with E-state index in [1.54, 1.807) is 4.90 Å². The summed E-state index contributed by atoms with van der Waals surface area (Å²) >= 11 is 0. The zero-order valence-electron chi connectivity index (χ0n) is 17.4. The summed E-state index contributed by atoms with van der Waals surface area (Å²) in [5.74, 6) is -0.899. The molecular weight excluding hydrogens is 410 g/mol. The predicted molar refractivity (Wildman–Crippen MR) is 108 cm³/mol. The molecule has 3 aliphatic heterocycles. The number of carbonyl (C=O) groups is 2. The molecule has 3 aliphatic rings. The molecule has 1 amide bonds. The van der Waals surface area contributed by atoms with Crippen LogP contribution in [0.1, 0.15) is 0 Å². The minimum atomic E-state index is -0.802. The maximum atomic E-state index is 12.2. The Balaban J connectivity index is 1.14. The van der Waals surface area contributed by atoms with Gasteiger partial charge in [0.25, 0.3) is 0 Å². The first-order chi connectivity index (χ1) is 15.0. The summed E-state index contributed by atoms with van der Waals surface area (Å²) in [6, 6.07) is 0. The van der Waals surface area contributed by atoms with Gasteiger partial charge in [0, 0.05) is 72.0 Å². The number of aliphatic carboxylic acids is 1. The second-order valence-corrected chi connectivity index (χ2v) is 8.17. The monoisotopic (exact) mass is 439 g/mol. The molecule has 4 rings (SSSR count). The standard InChI is InChI=1S/C18H29N7O6/c26-15(27)13-23-3-1-22(2-4-23)11-14-12-25(18(29)30-14)10-7-21-5-8-24(9-6-21)16-19-17(28)31-20-16/h14H,1-13H2,(H,26,27)(H,19,20,28). The number of nitrogens with one attached hydrogen (secondary N) is 1. The van der Waals surface area contributed by atoms with E-state index in [1.165, 1.54) is 0 Å². The highest BCUT2D eigenvalue weighted by Gasteiger charge is 2.33. The van der Waals surface area contributed by atoms with E-state index in [-0.39, 0.29) is 18.7 Å². The Morgan fingerprint density at radius 1 is 1.00 bits per heavy atom. The lowest BCUT2D eigenvalue weighted by atomic mass is 10.2. The molecule has 1 unspecified atom stereocenters. The largest absolute Gasteiger partial charge is 0.480 e. The number of ether oxygens (including phenoxy) is 1. The lowest BCUT2D eigenvalue weighted by molar-refractivity contribution is -0.138. The van der Waals surface area contributed by atoms with E-state index in [0.29, 0.717) is 38.7 Å². The number of carbonyl (C=O) groups excluding carboxylic acids is 1. The zero-order chi connectivity index (χ0) is 21.8. The van der Waals surface area contributed by atoms with Crippen LogP contribution in [0.5, 0.6) is 0 Å². The van der Waals surface area contributed by atoms with Crippen molar-refractivity contribution in [2.75, 3.05) is 90.0 Å². The van der Waals surface area contributed by atoms with E-state index in [4.69, 9.17) is 9.84 Å². The van der Waals surface area contributed by atoms with Crippen LogP contribution < -0.4 is 10.7 Å². The molecule has 0 spiro atoms. The Hall–Kier alpha value is -2.64. The third-order valence-electron chi connectivity index (χ3n) is 6.02. The molecule has 0 saturated carbocycles. The average molecular weight is 439 g/mol. The number of anilines is 1. The van der Waals surface area contributed by atoms with Crippen LogP contribution in [0.4, 0.5) is 10.7 Å². The molecule has 0 aliphatic carbocycles. The number of carboxylic acids is 1. The summed E-state index contributed by atoms with van der Waals surface area (Å²) in [7, 11) is 0. The van der Waals surface area contributed by atoms with Crippen molar-refractivity contribution < 1.29 is 24.0 Å². The van der Waals surface area contributed by atoms with Crippen LogP contribution >= 0.6 is 0 Å². The van der Waals surface area contributed by atoms with Gasteiger partial charge in [0.15, 0.2) is 0 Å². The first kappa shape index (κ1) is 21.6. The number of carboxylic acid groups (broad SMARTS) is 1. The predicted octanol–water partition coefficient (Wildman–Crippen LogP) is -1.99. The van der Waals surface area contributed by atoms with Gasteiger partial charge < -0.3 is 19.6 Å².